The Labute approximate surface area is 176 Å². The highest BCUT2D eigenvalue weighted by molar-refractivity contribution is 7.90. The third kappa shape index (κ3) is 4.35. The first kappa shape index (κ1) is 20.1. The molecule has 1 aromatic heterocycles. The van der Waals surface area contributed by atoms with Crippen LogP contribution < -0.4 is 5.56 Å². The molecule has 1 unspecified atom stereocenters. The summed E-state index contributed by atoms with van der Waals surface area (Å²) in [5, 5.41) is 4.65. The lowest BCUT2D eigenvalue weighted by Crippen LogP contribution is -2.23. The number of hydrogen-bond donors (Lipinski definition) is 0. The van der Waals surface area contributed by atoms with Crippen LogP contribution in [0.25, 0.3) is 22.4 Å². The molecule has 0 saturated heterocycles. The molecule has 1 heterocycles. The molecular formula is C24H19FN2O2S. The van der Waals surface area contributed by atoms with Crippen molar-refractivity contribution in [3.63, 3.8) is 0 Å². The largest absolute Gasteiger partial charge is 0.612 e. The Morgan fingerprint density at radius 3 is 2.20 bits per heavy atom. The molecular weight excluding hydrogens is 399 g/mol. The summed E-state index contributed by atoms with van der Waals surface area (Å²) in [6, 6.07) is 24.4. The molecule has 4 nitrogen and oxygen atoms in total. The second kappa shape index (κ2) is 8.65. The minimum atomic E-state index is -1.09. The van der Waals surface area contributed by atoms with Crippen LogP contribution in [-0.4, -0.2) is 20.6 Å². The summed E-state index contributed by atoms with van der Waals surface area (Å²) in [6.45, 7) is 0.341. The van der Waals surface area contributed by atoms with Gasteiger partial charge in [0.15, 0.2) is 4.90 Å². The van der Waals surface area contributed by atoms with Crippen LogP contribution in [0.2, 0.25) is 0 Å². The van der Waals surface area contributed by atoms with Gasteiger partial charge in [-0.2, -0.15) is 5.10 Å². The van der Waals surface area contributed by atoms with Gasteiger partial charge in [0.1, 0.15) is 12.1 Å². The number of halogens is 1. The maximum atomic E-state index is 13.4. The first-order chi connectivity index (χ1) is 14.5. The zero-order valence-electron chi connectivity index (χ0n) is 16.3. The Balaban J connectivity index is 1.85. The molecule has 0 spiro atoms. The summed E-state index contributed by atoms with van der Waals surface area (Å²) in [5.41, 5.74) is 3.43. The molecule has 0 aliphatic heterocycles. The van der Waals surface area contributed by atoms with Crippen molar-refractivity contribution in [3.8, 4) is 22.4 Å². The van der Waals surface area contributed by atoms with Crippen molar-refractivity contribution < 1.29 is 8.94 Å². The third-order valence-corrected chi connectivity index (χ3v) is 5.72. The van der Waals surface area contributed by atoms with Crippen LogP contribution in [0.5, 0.6) is 0 Å². The smallest absolute Gasteiger partial charge is 0.267 e. The molecule has 0 fully saturated rings. The van der Waals surface area contributed by atoms with E-state index in [0.29, 0.717) is 28.3 Å². The van der Waals surface area contributed by atoms with Gasteiger partial charge in [-0.1, -0.05) is 42.5 Å². The molecule has 0 radical (unpaired) electrons. The van der Waals surface area contributed by atoms with Crippen molar-refractivity contribution in [3.05, 3.63) is 107 Å². The quantitative estimate of drug-likeness (QED) is 0.448. The van der Waals surface area contributed by atoms with Gasteiger partial charge in [0.25, 0.3) is 5.56 Å². The Bertz CT molecular complexity index is 1200. The van der Waals surface area contributed by atoms with Gasteiger partial charge in [-0.15, -0.1) is 0 Å². The van der Waals surface area contributed by atoms with Gasteiger partial charge >= 0.3 is 0 Å². The Hall–Kier alpha value is -3.22. The number of nitrogens with zero attached hydrogens (tertiary/aromatic N) is 2. The van der Waals surface area contributed by atoms with Crippen LogP contribution in [0.4, 0.5) is 4.39 Å². The highest BCUT2D eigenvalue weighted by Gasteiger charge is 2.15. The van der Waals surface area contributed by atoms with Gasteiger partial charge in [-0.3, -0.25) is 4.79 Å². The molecule has 1 atom stereocenters. The summed E-state index contributed by atoms with van der Waals surface area (Å²) < 4.78 is 26.6. The van der Waals surface area contributed by atoms with Crippen molar-refractivity contribution >= 4 is 11.2 Å². The average molecular weight is 418 g/mol. The second-order valence-electron chi connectivity index (χ2n) is 6.87. The van der Waals surface area contributed by atoms with E-state index in [0.717, 1.165) is 11.1 Å². The fraction of sp³-hybridized carbons (Fsp3) is 0.0833. The van der Waals surface area contributed by atoms with E-state index in [9.17, 15) is 13.7 Å². The number of aromatic nitrogens is 2. The maximum Gasteiger partial charge on any atom is 0.267 e. The first-order valence-electron chi connectivity index (χ1n) is 9.37. The van der Waals surface area contributed by atoms with E-state index < -0.39 is 11.2 Å². The summed E-state index contributed by atoms with van der Waals surface area (Å²) >= 11 is -1.09. The molecule has 30 heavy (non-hydrogen) atoms. The van der Waals surface area contributed by atoms with Crippen LogP contribution in [0.3, 0.4) is 0 Å². The Kier molecular flexibility index (Phi) is 5.79. The number of hydrogen-bond acceptors (Lipinski definition) is 3. The Morgan fingerprint density at radius 1 is 0.933 bits per heavy atom. The molecule has 3 aromatic carbocycles. The topological polar surface area (TPSA) is 58.0 Å². The van der Waals surface area contributed by atoms with Crippen LogP contribution in [-0.2, 0) is 17.7 Å². The molecule has 150 valence electrons. The minimum absolute atomic E-state index is 0.242. The van der Waals surface area contributed by atoms with E-state index in [-0.39, 0.29) is 11.4 Å². The van der Waals surface area contributed by atoms with E-state index >= 15 is 0 Å². The van der Waals surface area contributed by atoms with E-state index in [1.807, 2.05) is 42.5 Å². The SMILES string of the molecule is C[S+]([O-])c1ccc(-c2nn(Cc3ccccc3)c(=O)cc2-c2ccc(F)cc2)cc1. The molecule has 0 bridgehead atoms. The highest BCUT2D eigenvalue weighted by Crippen LogP contribution is 2.30. The normalized spacial score (nSPS) is 12.0. The zero-order chi connectivity index (χ0) is 21.1. The lowest BCUT2D eigenvalue weighted by Gasteiger charge is -2.13. The van der Waals surface area contributed by atoms with E-state index in [4.69, 9.17) is 0 Å². The first-order valence-corrected chi connectivity index (χ1v) is 10.9. The van der Waals surface area contributed by atoms with Crippen LogP contribution in [0.1, 0.15) is 5.56 Å². The van der Waals surface area contributed by atoms with Crippen molar-refractivity contribution in [1.82, 2.24) is 9.78 Å². The van der Waals surface area contributed by atoms with E-state index in [2.05, 4.69) is 5.10 Å². The fourth-order valence-electron chi connectivity index (χ4n) is 3.23. The van der Waals surface area contributed by atoms with Gasteiger partial charge in [-0.25, -0.2) is 9.07 Å². The van der Waals surface area contributed by atoms with E-state index in [1.165, 1.54) is 22.9 Å². The van der Waals surface area contributed by atoms with Crippen LogP contribution in [0.15, 0.2) is 94.6 Å². The van der Waals surface area contributed by atoms with Crippen molar-refractivity contribution in [1.29, 1.82) is 0 Å². The van der Waals surface area contributed by atoms with Gasteiger partial charge in [0.2, 0.25) is 0 Å². The lowest BCUT2D eigenvalue weighted by atomic mass is 10.00. The monoisotopic (exact) mass is 418 g/mol. The second-order valence-corrected chi connectivity index (χ2v) is 8.25. The predicted octanol–water partition coefficient (Wildman–Crippen LogP) is 4.50. The molecule has 4 aromatic rings. The maximum absolute atomic E-state index is 13.4. The molecule has 0 N–H and O–H groups in total. The fourth-order valence-corrected chi connectivity index (χ4v) is 3.75. The zero-order valence-corrected chi connectivity index (χ0v) is 17.1. The van der Waals surface area contributed by atoms with Gasteiger partial charge in [0, 0.05) is 17.2 Å². The minimum Gasteiger partial charge on any atom is -0.612 e. The number of benzene rings is 3. The standard InChI is InChI=1S/C24H19FN2O2S/c1-30(29)21-13-9-19(10-14-21)24-22(18-7-11-20(25)12-8-18)15-23(28)27(26-24)16-17-5-3-2-4-6-17/h2-15H,16H2,1H3. The van der Waals surface area contributed by atoms with Crippen molar-refractivity contribution in [2.24, 2.45) is 0 Å². The summed E-state index contributed by atoms with van der Waals surface area (Å²) in [4.78, 5) is 13.5. The van der Waals surface area contributed by atoms with Crippen molar-refractivity contribution in [2.45, 2.75) is 11.4 Å². The molecule has 0 amide bonds. The van der Waals surface area contributed by atoms with Crippen LogP contribution >= 0.6 is 0 Å². The third-order valence-electron chi connectivity index (χ3n) is 4.79. The molecule has 6 heteroatoms. The lowest BCUT2D eigenvalue weighted by molar-refractivity contribution is 0.601. The van der Waals surface area contributed by atoms with E-state index in [1.54, 1.807) is 30.5 Å². The average Bonchev–Trinajstić information content (AvgIpc) is 2.76. The summed E-state index contributed by atoms with van der Waals surface area (Å²) in [7, 11) is 0. The summed E-state index contributed by atoms with van der Waals surface area (Å²) in [6.07, 6.45) is 1.62. The molecule has 0 saturated carbocycles. The molecule has 4 rings (SSSR count). The van der Waals surface area contributed by atoms with Gasteiger partial charge in [-0.05, 0) is 58.7 Å². The van der Waals surface area contributed by atoms with Gasteiger partial charge in [0.05, 0.1) is 12.2 Å². The summed E-state index contributed by atoms with van der Waals surface area (Å²) in [5.74, 6) is -0.347. The Morgan fingerprint density at radius 2 is 1.57 bits per heavy atom. The van der Waals surface area contributed by atoms with Gasteiger partial charge < -0.3 is 4.55 Å². The molecule has 0 aliphatic carbocycles. The van der Waals surface area contributed by atoms with Crippen LogP contribution in [0, 0.1) is 5.82 Å². The highest BCUT2D eigenvalue weighted by atomic mass is 32.2. The van der Waals surface area contributed by atoms with Crippen molar-refractivity contribution in [2.75, 3.05) is 6.26 Å². The predicted molar refractivity (Wildman–Crippen MR) is 117 cm³/mol. The number of rotatable bonds is 5. The molecule has 0 aliphatic rings.